The van der Waals surface area contributed by atoms with Gasteiger partial charge in [-0.2, -0.15) is 0 Å². The number of aromatic nitrogens is 1. The first-order valence-corrected chi connectivity index (χ1v) is 8.69. The third-order valence-electron chi connectivity index (χ3n) is 4.77. The zero-order valence-corrected chi connectivity index (χ0v) is 14.2. The van der Waals surface area contributed by atoms with Gasteiger partial charge in [0, 0.05) is 44.5 Å². The maximum atomic E-state index is 12.1. The Kier molecular flexibility index (Phi) is 5.59. The van der Waals surface area contributed by atoms with Gasteiger partial charge >= 0.3 is 0 Å². The van der Waals surface area contributed by atoms with Gasteiger partial charge in [0.1, 0.15) is 0 Å². The molecule has 0 saturated heterocycles. The van der Waals surface area contributed by atoms with Crippen LogP contribution in [0.15, 0.2) is 48.8 Å². The van der Waals surface area contributed by atoms with Crippen LogP contribution >= 0.6 is 0 Å². The van der Waals surface area contributed by atoms with E-state index in [0.29, 0.717) is 19.0 Å². The van der Waals surface area contributed by atoms with E-state index >= 15 is 0 Å². The third kappa shape index (κ3) is 4.42. The molecule has 1 atom stereocenters. The second kappa shape index (κ2) is 8.06. The Morgan fingerprint density at radius 2 is 1.96 bits per heavy atom. The largest absolute Gasteiger partial charge is 0.355 e. The Bertz CT molecular complexity index is 672. The van der Waals surface area contributed by atoms with E-state index in [1.165, 1.54) is 11.1 Å². The maximum Gasteiger partial charge on any atom is 0.220 e. The molecule has 0 bridgehead atoms. The smallest absolute Gasteiger partial charge is 0.220 e. The van der Waals surface area contributed by atoms with Crippen molar-refractivity contribution in [1.29, 1.82) is 0 Å². The highest BCUT2D eigenvalue weighted by Gasteiger charge is 2.20. The number of hydrogen-bond donors (Lipinski definition) is 1. The SMILES string of the molecule is C[C@@H](CNC(=O)CCc1ccncc1)N1CCc2ccccc2C1. The molecule has 3 rings (SSSR count). The van der Waals surface area contributed by atoms with Crippen molar-refractivity contribution in [2.24, 2.45) is 0 Å². The molecule has 1 amide bonds. The van der Waals surface area contributed by atoms with Crippen LogP contribution in [0.1, 0.15) is 30.0 Å². The number of nitrogens with one attached hydrogen (secondary N) is 1. The third-order valence-corrected chi connectivity index (χ3v) is 4.77. The average Bonchev–Trinajstić information content (AvgIpc) is 2.65. The van der Waals surface area contributed by atoms with Crippen molar-refractivity contribution in [1.82, 2.24) is 15.2 Å². The first-order chi connectivity index (χ1) is 11.7. The summed E-state index contributed by atoms with van der Waals surface area (Å²) < 4.78 is 0. The lowest BCUT2D eigenvalue weighted by atomic mass is 9.99. The number of hydrogen-bond acceptors (Lipinski definition) is 3. The number of amides is 1. The molecule has 1 aliphatic rings. The number of benzene rings is 1. The molecule has 0 spiro atoms. The Hall–Kier alpha value is -2.20. The van der Waals surface area contributed by atoms with Crippen LogP contribution in [-0.4, -0.2) is 34.9 Å². The lowest BCUT2D eigenvalue weighted by Crippen LogP contribution is -2.44. The van der Waals surface area contributed by atoms with Gasteiger partial charge in [-0.1, -0.05) is 24.3 Å². The number of carbonyl (C=O) groups is 1. The molecule has 0 fully saturated rings. The van der Waals surface area contributed by atoms with E-state index < -0.39 is 0 Å². The predicted octanol–water partition coefficient (Wildman–Crippen LogP) is 2.58. The van der Waals surface area contributed by atoms with Crippen LogP contribution in [0.4, 0.5) is 0 Å². The molecule has 4 heteroatoms. The summed E-state index contributed by atoms with van der Waals surface area (Å²) in [6, 6.07) is 12.9. The van der Waals surface area contributed by atoms with Crippen molar-refractivity contribution in [3.8, 4) is 0 Å². The van der Waals surface area contributed by atoms with E-state index in [-0.39, 0.29) is 5.91 Å². The van der Waals surface area contributed by atoms with Crippen molar-refractivity contribution in [3.05, 3.63) is 65.5 Å². The van der Waals surface area contributed by atoms with Crippen LogP contribution in [0.3, 0.4) is 0 Å². The predicted molar refractivity (Wildman–Crippen MR) is 95.6 cm³/mol. The molecule has 2 heterocycles. The molecule has 0 aliphatic carbocycles. The first-order valence-electron chi connectivity index (χ1n) is 8.69. The second-order valence-corrected chi connectivity index (χ2v) is 6.50. The molecule has 2 aromatic rings. The Morgan fingerprint density at radius 1 is 1.21 bits per heavy atom. The standard InChI is InChI=1S/C20H25N3O/c1-16(23-13-10-18-4-2-3-5-19(18)15-23)14-22-20(24)7-6-17-8-11-21-12-9-17/h2-5,8-9,11-12,16H,6-7,10,13-15H2,1H3,(H,22,24)/t16-/m0/s1. The molecule has 1 aromatic heterocycles. The van der Waals surface area contributed by atoms with Crippen LogP contribution in [-0.2, 0) is 24.2 Å². The number of nitrogens with zero attached hydrogens (tertiary/aromatic N) is 2. The summed E-state index contributed by atoms with van der Waals surface area (Å²) in [4.78, 5) is 18.5. The number of pyridine rings is 1. The average molecular weight is 323 g/mol. The monoisotopic (exact) mass is 323 g/mol. The van der Waals surface area contributed by atoms with Gasteiger partial charge < -0.3 is 5.32 Å². The molecule has 0 unspecified atom stereocenters. The maximum absolute atomic E-state index is 12.1. The van der Waals surface area contributed by atoms with Gasteiger partial charge in [0.05, 0.1) is 0 Å². The molecule has 126 valence electrons. The van der Waals surface area contributed by atoms with Crippen molar-refractivity contribution < 1.29 is 4.79 Å². The van der Waals surface area contributed by atoms with Crippen LogP contribution in [0.2, 0.25) is 0 Å². The molecule has 0 radical (unpaired) electrons. The van der Waals surface area contributed by atoms with E-state index in [1.807, 2.05) is 12.1 Å². The van der Waals surface area contributed by atoms with Gasteiger partial charge in [0.2, 0.25) is 5.91 Å². The van der Waals surface area contributed by atoms with Crippen LogP contribution < -0.4 is 5.32 Å². The fourth-order valence-electron chi connectivity index (χ4n) is 3.18. The zero-order chi connectivity index (χ0) is 16.8. The fraction of sp³-hybridized carbons (Fsp3) is 0.400. The summed E-state index contributed by atoms with van der Waals surface area (Å²) >= 11 is 0. The van der Waals surface area contributed by atoms with Gasteiger partial charge in [-0.15, -0.1) is 0 Å². The summed E-state index contributed by atoms with van der Waals surface area (Å²) in [5.41, 5.74) is 4.03. The van der Waals surface area contributed by atoms with Gasteiger partial charge in [0.25, 0.3) is 0 Å². The van der Waals surface area contributed by atoms with Crippen molar-refractivity contribution in [2.45, 2.75) is 38.8 Å². The molecule has 0 saturated carbocycles. The zero-order valence-electron chi connectivity index (χ0n) is 14.2. The van der Waals surface area contributed by atoms with Gasteiger partial charge in [-0.3, -0.25) is 14.7 Å². The Labute approximate surface area is 143 Å². The molecular formula is C20H25N3O. The van der Waals surface area contributed by atoms with Crippen LogP contribution in [0.5, 0.6) is 0 Å². The van der Waals surface area contributed by atoms with E-state index in [1.54, 1.807) is 12.4 Å². The summed E-state index contributed by atoms with van der Waals surface area (Å²) in [5.74, 6) is 0.121. The summed E-state index contributed by atoms with van der Waals surface area (Å²) in [6.45, 7) is 4.93. The quantitative estimate of drug-likeness (QED) is 0.889. The second-order valence-electron chi connectivity index (χ2n) is 6.50. The lowest BCUT2D eigenvalue weighted by Gasteiger charge is -2.33. The minimum Gasteiger partial charge on any atom is -0.355 e. The highest BCUT2D eigenvalue weighted by Crippen LogP contribution is 2.19. The summed E-state index contributed by atoms with van der Waals surface area (Å²) in [7, 11) is 0. The normalized spacial score (nSPS) is 15.5. The minimum atomic E-state index is 0.121. The fourth-order valence-corrected chi connectivity index (χ4v) is 3.18. The number of fused-ring (bicyclic) bond motifs is 1. The Balaban J connectivity index is 1.42. The molecule has 1 aliphatic heterocycles. The highest BCUT2D eigenvalue weighted by atomic mass is 16.1. The minimum absolute atomic E-state index is 0.121. The van der Waals surface area contributed by atoms with Gasteiger partial charge in [-0.05, 0) is 48.6 Å². The molecule has 4 nitrogen and oxygen atoms in total. The van der Waals surface area contributed by atoms with Crippen molar-refractivity contribution >= 4 is 5.91 Å². The molecule has 24 heavy (non-hydrogen) atoms. The van der Waals surface area contributed by atoms with E-state index in [9.17, 15) is 4.79 Å². The van der Waals surface area contributed by atoms with Gasteiger partial charge in [-0.25, -0.2) is 0 Å². The molecule has 1 N–H and O–H groups in total. The topological polar surface area (TPSA) is 45.2 Å². The van der Waals surface area contributed by atoms with E-state index in [2.05, 4.69) is 46.4 Å². The molecule has 1 aromatic carbocycles. The lowest BCUT2D eigenvalue weighted by molar-refractivity contribution is -0.121. The first kappa shape index (κ1) is 16.7. The molecular weight excluding hydrogens is 298 g/mol. The number of carbonyl (C=O) groups excluding carboxylic acids is 1. The Morgan fingerprint density at radius 3 is 2.75 bits per heavy atom. The van der Waals surface area contributed by atoms with Gasteiger partial charge in [0.15, 0.2) is 0 Å². The number of rotatable bonds is 6. The van der Waals surface area contributed by atoms with Crippen LogP contribution in [0.25, 0.3) is 0 Å². The van der Waals surface area contributed by atoms with Crippen LogP contribution in [0, 0.1) is 0 Å². The van der Waals surface area contributed by atoms with E-state index in [4.69, 9.17) is 0 Å². The van der Waals surface area contributed by atoms with E-state index in [0.717, 1.165) is 31.5 Å². The summed E-state index contributed by atoms with van der Waals surface area (Å²) in [6.07, 6.45) is 5.92. The van der Waals surface area contributed by atoms with Crippen molar-refractivity contribution in [3.63, 3.8) is 0 Å². The highest BCUT2D eigenvalue weighted by molar-refractivity contribution is 5.76. The number of aryl methyl sites for hydroxylation is 1. The summed E-state index contributed by atoms with van der Waals surface area (Å²) in [5, 5.41) is 3.08. The van der Waals surface area contributed by atoms with Crippen molar-refractivity contribution in [2.75, 3.05) is 13.1 Å².